The summed E-state index contributed by atoms with van der Waals surface area (Å²) < 4.78 is 26.7. The number of hydrogen-bond donors (Lipinski definition) is 1. The molecule has 0 aliphatic rings. The quantitative estimate of drug-likeness (QED) is 0.363. The fourth-order valence-electron chi connectivity index (χ4n) is 3.94. The highest BCUT2D eigenvalue weighted by molar-refractivity contribution is 7.92. The molecule has 7 nitrogen and oxygen atoms in total. The number of halogens is 2. The predicted octanol–water partition coefficient (Wildman–Crippen LogP) is 5.78. The molecule has 2 unspecified atom stereocenters. The average molecular weight is 585 g/mol. The Kier molecular flexibility index (Phi) is 11.1. The predicted molar refractivity (Wildman–Crippen MR) is 156 cm³/mol. The SMILES string of the molecule is CCC(C)NC(=O)C(CC)N(Cc1ccc(Cl)c(Cl)c1)C(=O)CN(c1ccc(C(C)(C)C)cc1)S(C)(=O)=O. The molecule has 0 radical (unpaired) electrons. The summed E-state index contributed by atoms with van der Waals surface area (Å²) in [6.45, 7) is 11.5. The zero-order valence-electron chi connectivity index (χ0n) is 23.2. The third-order valence-electron chi connectivity index (χ3n) is 6.42. The van der Waals surface area contributed by atoms with E-state index in [1.165, 1.54) is 4.90 Å². The summed E-state index contributed by atoms with van der Waals surface area (Å²) in [5, 5.41) is 3.64. The van der Waals surface area contributed by atoms with Gasteiger partial charge in [0.05, 0.1) is 22.0 Å². The number of nitrogens with zero attached hydrogens (tertiary/aromatic N) is 2. The number of rotatable bonds is 11. The van der Waals surface area contributed by atoms with Crippen LogP contribution < -0.4 is 9.62 Å². The number of benzene rings is 2. The van der Waals surface area contributed by atoms with E-state index in [1.807, 2.05) is 32.9 Å². The normalized spacial score (nSPS) is 13.5. The number of hydrogen-bond acceptors (Lipinski definition) is 4. The van der Waals surface area contributed by atoms with E-state index >= 15 is 0 Å². The van der Waals surface area contributed by atoms with Gasteiger partial charge in [0.25, 0.3) is 0 Å². The van der Waals surface area contributed by atoms with Crippen LogP contribution in [-0.2, 0) is 31.6 Å². The first-order valence-electron chi connectivity index (χ1n) is 12.7. The maximum atomic E-state index is 13.8. The molecule has 0 aliphatic heterocycles. The highest BCUT2D eigenvalue weighted by Gasteiger charge is 2.32. The lowest BCUT2D eigenvalue weighted by Gasteiger charge is -2.33. The van der Waals surface area contributed by atoms with Crippen LogP contribution in [0.5, 0.6) is 0 Å². The minimum Gasteiger partial charge on any atom is -0.352 e. The first kappa shape index (κ1) is 31.9. The Morgan fingerprint density at radius 3 is 2.05 bits per heavy atom. The number of carbonyl (C=O) groups is 2. The van der Waals surface area contributed by atoms with Crippen LogP contribution in [0.4, 0.5) is 5.69 Å². The van der Waals surface area contributed by atoms with Gasteiger partial charge in [0.15, 0.2) is 0 Å². The highest BCUT2D eigenvalue weighted by Crippen LogP contribution is 2.27. The van der Waals surface area contributed by atoms with E-state index in [9.17, 15) is 18.0 Å². The van der Waals surface area contributed by atoms with E-state index in [4.69, 9.17) is 23.2 Å². The maximum Gasteiger partial charge on any atom is 0.244 e. The second-order valence-electron chi connectivity index (χ2n) is 10.6. The van der Waals surface area contributed by atoms with E-state index < -0.39 is 28.5 Å². The minimum absolute atomic E-state index is 0.0583. The van der Waals surface area contributed by atoms with Gasteiger partial charge in [-0.2, -0.15) is 0 Å². The molecule has 1 N–H and O–H groups in total. The molecule has 2 rings (SSSR count). The monoisotopic (exact) mass is 583 g/mol. The summed E-state index contributed by atoms with van der Waals surface area (Å²) in [6, 6.07) is 11.2. The van der Waals surface area contributed by atoms with Crippen LogP contribution in [0, 0.1) is 0 Å². The van der Waals surface area contributed by atoms with Gasteiger partial charge >= 0.3 is 0 Å². The minimum atomic E-state index is -3.81. The smallest absolute Gasteiger partial charge is 0.244 e. The van der Waals surface area contributed by atoms with Gasteiger partial charge in [-0.05, 0) is 60.6 Å². The fraction of sp³-hybridized carbons (Fsp3) is 0.500. The highest BCUT2D eigenvalue weighted by atomic mass is 35.5. The lowest BCUT2D eigenvalue weighted by molar-refractivity contribution is -0.140. The topological polar surface area (TPSA) is 86.8 Å². The zero-order chi connectivity index (χ0) is 28.8. The van der Waals surface area contributed by atoms with Crippen LogP contribution in [0.3, 0.4) is 0 Å². The van der Waals surface area contributed by atoms with Gasteiger partial charge in [0.2, 0.25) is 21.8 Å². The van der Waals surface area contributed by atoms with Gasteiger partial charge in [-0.3, -0.25) is 13.9 Å². The molecule has 10 heteroatoms. The second kappa shape index (κ2) is 13.2. The van der Waals surface area contributed by atoms with Crippen LogP contribution in [-0.4, -0.2) is 50.0 Å². The van der Waals surface area contributed by atoms with Crippen molar-refractivity contribution < 1.29 is 18.0 Å². The largest absolute Gasteiger partial charge is 0.352 e. The van der Waals surface area contributed by atoms with Gasteiger partial charge < -0.3 is 10.2 Å². The van der Waals surface area contributed by atoms with Crippen molar-refractivity contribution in [3.05, 3.63) is 63.6 Å². The first-order chi connectivity index (χ1) is 17.6. The molecule has 210 valence electrons. The second-order valence-corrected chi connectivity index (χ2v) is 13.3. The van der Waals surface area contributed by atoms with Gasteiger partial charge in [0, 0.05) is 12.6 Å². The Balaban J connectivity index is 2.47. The molecule has 0 saturated heterocycles. The Labute approximate surface area is 237 Å². The maximum absolute atomic E-state index is 13.8. The third kappa shape index (κ3) is 8.61. The lowest BCUT2D eigenvalue weighted by atomic mass is 9.87. The Bertz CT molecular complexity index is 1230. The van der Waals surface area contributed by atoms with E-state index in [1.54, 1.807) is 30.3 Å². The van der Waals surface area contributed by atoms with Crippen molar-refractivity contribution in [1.82, 2.24) is 10.2 Å². The molecule has 38 heavy (non-hydrogen) atoms. The van der Waals surface area contributed by atoms with Crippen LogP contribution in [0.25, 0.3) is 0 Å². The summed E-state index contributed by atoms with van der Waals surface area (Å²) in [4.78, 5) is 28.4. The van der Waals surface area contributed by atoms with Crippen LogP contribution in [0.1, 0.15) is 65.5 Å². The van der Waals surface area contributed by atoms with Gasteiger partial charge in [-0.25, -0.2) is 8.42 Å². The van der Waals surface area contributed by atoms with Crippen LogP contribution >= 0.6 is 23.2 Å². The number of sulfonamides is 1. The van der Waals surface area contributed by atoms with Gasteiger partial charge in [-0.15, -0.1) is 0 Å². The summed E-state index contributed by atoms with van der Waals surface area (Å²) in [5.74, 6) is -0.803. The molecule has 2 amide bonds. The molecule has 0 heterocycles. The number of amides is 2. The van der Waals surface area contributed by atoms with Crippen molar-refractivity contribution >= 4 is 50.7 Å². The van der Waals surface area contributed by atoms with Crippen molar-refractivity contribution in [3.8, 4) is 0 Å². The molecule has 0 aliphatic carbocycles. The van der Waals surface area contributed by atoms with Gasteiger partial charge in [-0.1, -0.05) is 76.0 Å². The molecular weight excluding hydrogens is 545 g/mol. The Morgan fingerprint density at radius 2 is 1.58 bits per heavy atom. The van der Waals surface area contributed by atoms with Crippen LogP contribution in [0.15, 0.2) is 42.5 Å². The molecule has 0 fully saturated rings. The van der Waals surface area contributed by atoms with Crippen molar-refractivity contribution in [3.63, 3.8) is 0 Å². The first-order valence-corrected chi connectivity index (χ1v) is 15.3. The number of anilines is 1. The molecule has 0 spiro atoms. The van der Waals surface area contributed by atoms with Crippen molar-refractivity contribution in [2.24, 2.45) is 0 Å². The van der Waals surface area contributed by atoms with E-state index in [-0.39, 0.29) is 23.9 Å². The molecular formula is C28H39Cl2N3O4S. The third-order valence-corrected chi connectivity index (χ3v) is 8.30. The number of nitrogens with one attached hydrogen (secondary N) is 1. The molecule has 2 aromatic carbocycles. The molecule has 0 aromatic heterocycles. The van der Waals surface area contributed by atoms with E-state index in [0.717, 1.165) is 22.5 Å². The van der Waals surface area contributed by atoms with Crippen molar-refractivity contribution in [1.29, 1.82) is 0 Å². The average Bonchev–Trinajstić information content (AvgIpc) is 2.83. The van der Waals surface area contributed by atoms with Crippen LogP contribution in [0.2, 0.25) is 10.0 Å². The van der Waals surface area contributed by atoms with E-state index in [0.29, 0.717) is 27.7 Å². The molecule has 0 saturated carbocycles. The number of carbonyl (C=O) groups excluding carboxylic acids is 2. The Morgan fingerprint density at radius 1 is 0.974 bits per heavy atom. The summed E-state index contributed by atoms with van der Waals surface area (Å²) >= 11 is 12.3. The standard InChI is InChI=1S/C28H39Cl2N3O4S/c1-8-19(3)31-27(35)25(9-2)32(17-20-10-15-23(29)24(30)16-20)26(34)18-33(38(7,36)37)22-13-11-21(12-14-22)28(4,5)6/h10-16,19,25H,8-9,17-18H2,1-7H3,(H,31,35). The van der Waals surface area contributed by atoms with Gasteiger partial charge in [0.1, 0.15) is 12.6 Å². The fourth-order valence-corrected chi connectivity index (χ4v) is 5.11. The lowest BCUT2D eigenvalue weighted by Crippen LogP contribution is -2.53. The Hall–Kier alpha value is -2.29. The van der Waals surface area contributed by atoms with E-state index in [2.05, 4.69) is 26.1 Å². The molecule has 2 aromatic rings. The molecule has 0 bridgehead atoms. The summed E-state index contributed by atoms with van der Waals surface area (Å²) in [7, 11) is -3.81. The molecule has 2 atom stereocenters. The summed E-state index contributed by atoms with van der Waals surface area (Å²) in [6.07, 6.45) is 2.14. The van der Waals surface area contributed by atoms with Crippen molar-refractivity contribution in [2.45, 2.75) is 78.4 Å². The zero-order valence-corrected chi connectivity index (χ0v) is 25.5. The summed E-state index contributed by atoms with van der Waals surface area (Å²) in [5.41, 5.74) is 1.97. The van der Waals surface area contributed by atoms with Crippen molar-refractivity contribution in [2.75, 3.05) is 17.1 Å².